The Bertz CT molecular complexity index is 1910. The van der Waals surface area contributed by atoms with Crippen molar-refractivity contribution in [2.24, 2.45) is 0 Å². The van der Waals surface area contributed by atoms with Gasteiger partial charge in [0.15, 0.2) is 0 Å². The van der Waals surface area contributed by atoms with Crippen LogP contribution in [0.5, 0.6) is 11.5 Å². The molecule has 2 unspecified atom stereocenters. The maximum atomic E-state index is 12.6. The summed E-state index contributed by atoms with van der Waals surface area (Å²) in [5.41, 5.74) is 2.59. The third-order valence-corrected chi connectivity index (χ3v) is 7.55. The zero-order valence-corrected chi connectivity index (χ0v) is 25.6. The Morgan fingerprint density at radius 1 is 0.630 bits per heavy atom. The van der Waals surface area contributed by atoms with Crippen LogP contribution >= 0.6 is 0 Å². The Morgan fingerprint density at radius 2 is 1.09 bits per heavy atom. The third-order valence-electron chi connectivity index (χ3n) is 7.55. The van der Waals surface area contributed by atoms with Crippen molar-refractivity contribution in [2.45, 2.75) is 38.6 Å². The predicted molar refractivity (Wildman–Crippen MR) is 177 cm³/mol. The molecule has 46 heavy (non-hydrogen) atoms. The Kier molecular flexibility index (Phi) is 9.28. The van der Waals surface area contributed by atoms with E-state index in [1.807, 2.05) is 79.7 Å². The molecule has 0 fully saturated rings. The van der Waals surface area contributed by atoms with E-state index in [1.165, 1.54) is 0 Å². The van der Waals surface area contributed by atoms with E-state index in [0.717, 1.165) is 21.9 Å². The predicted octanol–water partition coefficient (Wildman–Crippen LogP) is 7.24. The molecule has 0 bridgehead atoms. The Hall–Kier alpha value is -5.18. The Morgan fingerprint density at radius 3 is 1.52 bits per heavy atom. The zero-order valence-electron chi connectivity index (χ0n) is 25.6. The van der Waals surface area contributed by atoms with Crippen molar-refractivity contribution in [2.75, 3.05) is 13.2 Å². The number of rotatable bonds is 12. The van der Waals surface area contributed by atoms with Crippen molar-refractivity contribution in [1.82, 2.24) is 0 Å². The number of hydrogen-bond acceptors (Lipinski definition) is 8. The van der Waals surface area contributed by atoms with Crippen LogP contribution in [0, 0.1) is 0 Å². The van der Waals surface area contributed by atoms with E-state index in [-0.39, 0.29) is 19.3 Å². The molecule has 1 N–H and O–H groups in total. The highest BCUT2D eigenvalue weighted by Gasteiger charge is 2.18. The molecule has 8 heteroatoms. The molecule has 2 atom stereocenters. The summed E-state index contributed by atoms with van der Waals surface area (Å²) in [5.74, 6) is 1.15. The average molecular weight is 619 g/mol. The van der Waals surface area contributed by atoms with Gasteiger partial charge in [-0.25, -0.2) is 9.59 Å². The highest BCUT2D eigenvalue weighted by Crippen LogP contribution is 2.27. The van der Waals surface area contributed by atoms with Crippen LogP contribution in [-0.4, -0.2) is 36.6 Å². The lowest BCUT2D eigenvalue weighted by Gasteiger charge is -2.24. The smallest absolute Gasteiger partial charge is 0.344 e. The molecule has 0 saturated heterocycles. The van der Waals surface area contributed by atoms with Crippen LogP contribution in [0.1, 0.15) is 20.3 Å². The van der Waals surface area contributed by atoms with E-state index in [0.29, 0.717) is 40.2 Å². The second kappa shape index (κ2) is 13.9. The topological polar surface area (TPSA) is 108 Å². The van der Waals surface area contributed by atoms with E-state index in [4.69, 9.17) is 23.0 Å². The number of hydrogen-bond donors (Lipinski definition) is 1. The van der Waals surface area contributed by atoms with Gasteiger partial charge in [-0.15, -0.1) is 0 Å². The van der Waals surface area contributed by atoms with Gasteiger partial charge in [0, 0.05) is 10.8 Å². The van der Waals surface area contributed by atoms with Gasteiger partial charge >= 0.3 is 11.3 Å². The van der Waals surface area contributed by atoms with Gasteiger partial charge in [-0.05, 0) is 79.9 Å². The Labute approximate surface area is 265 Å². The molecular formula is C38H34O8. The number of aliphatic hydroxyl groups excluding tert-OH is 1. The summed E-state index contributed by atoms with van der Waals surface area (Å²) in [7, 11) is 0. The van der Waals surface area contributed by atoms with Gasteiger partial charge in [-0.2, -0.15) is 0 Å². The fraction of sp³-hybridized carbons (Fsp3) is 0.211. The average Bonchev–Trinajstić information content (AvgIpc) is 3.06. The standard InChI is InChI=1S/C38H34O8/c1-24(39)17-25(2)44-32(22-42-30-13-15-35-28(18-30)20-33(37(40)45-35)26-9-5-3-6-10-26)23-43-31-14-16-36-29(19-31)21-34(38(41)46-36)27-11-7-4-8-12-27/h3-16,18-21,24-25,32,39H,17,22-23H2,1-2H3. The summed E-state index contributed by atoms with van der Waals surface area (Å²) >= 11 is 0. The van der Waals surface area contributed by atoms with Crippen LogP contribution in [0.3, 0.4) is 0 Å². The first-order chi connectivity index (χ1) is 22.3. The van der Waals surface area contributed by atoms with E-state index in [9.17, 15) is 14.7 Å². The van der Waals surface area contributed by atoms with Crippen LogP contribution < -0.4 is 20.7 Å². The van der Waals surface area contributed by atoms with Gasteiger partial charge in [0.05, 0.1) is 23.3 Å². The molecule has 6 aromatic rings. The summed E-state index contributed by atoms with van der Waals surface area (Å²) in [5, 5.41) is 11.3. The molecule has 234 valence electrons. The molecule has 0 amide bonds. The highest BCUT2D eigenvalue weighted by atomic mass is 16.6. The van der Waals surface area contributed by atoms with Gasteiger partial charge in [-0.3, -0.25) is 0 Å². The lowest BCUT2D eigenvalue weighted by atomic mass is 10.1. The molecule has 4 aromatic carbocycles. The van der Waals surface area contributed by atoms with Crippen LogP contribution in [0.15, 0.2) is 128 Å². The summed E-state index contributed by atoms with van der Waals surface area (Å²) in [6, 6.07) is 32.9. The number of ether oxygens (including phenoxy) is 3. The highest BCUT2D eigenvalue weighted by molar-refractivity contribution is 5.84. The lowest BCUT2D eigenvalue weighted by molar-refractivity contribution is -0.0597. The minimum Gasteiger partial charge on any atom is -0.491 e. The summed E-state index contributed by atoms with van der Waals surface area (Å²) in [6.45, 7) is 3.94. The van der Waals surface area contributed by atoms with Gasteiger partial charge in [-0.1, -0.05) is 60.7 Å². The fourth-order valence-corrected chi connectivity index (χ4v) is 5.39. The fourth-order valence-electron chi connectivity index (χ4n) is 5.39. The first-order valence-corrected chi connectivity index (χ1v) is 15.2. The summed E-state index contributed by atoms with van der Waals surface area (Å²) in [4.78, 5) is 25.2. The van der Waals surface area contributed by atoms with E-state index in [2.05, 4.69) is 0 Å². The molecule has 2 aromatic heterocycles. The first-order valence-electron chi connectivity index (χ1n) is 15.2. The van der Waals surface area contributed by atoms with Gasteiger partial charge in [0.25, 0.3) is 0 Å². The first kappa shape index (κ1) is 30.8. The maximum Gasteiger partial charge on any atom is 0.344 e. The van der Waals surface area contributed by atoms with Crippen molar-refractivity contribution < 1.29 is 28.2 Å². The van der Waals surface area contributed by atoms with Crippen molar-refractivity contribution in [3.63, 3.8) is 0 Å². The second-order valence-corrected chi connectivity index (χ2v) is 11.3. The van der Waals surface area contributed by atoms with Crippen LogP contribution in [-0.2, 0) is 4.74 Å². The molecule has 6 rings (SSSR count). The molecule has 0 saturated carbocycles. The third kappa shape index (κ3) is 7.37. The minimum absolute atomic E-state index is 0.165. The van der Waals surface area contributed by atoms with Gasteiger partial charge in [0.2, 0.25) is 0 Å². The number of fused-ring (bicyclic) bond motifs is 2. The quantitative estimate of drug-likeness (QED) is 0.143. The molecule has 0 aliphatic heterocycles. The monoisotopic (exact) mass is 618 g/mol. The molecule has 0 spiro atoms. The van der Waals surface area contributed by atoms with Gasteiger partial charge < -0.3 is 28.2 Å². The molecule has 0 aliphatic rings. The SMILES string of the molecule is CC(O)CC(C)OC(COc1ccc2oc(=O)c(-c3ccccc3)cc2c1)COc1ccc2oc(=O)c(-c3ccccc3)cc2c1. The van der Waals surface area contributed by atoms with Crippen LogP contribution in [0.25, 0.3) is 44.2 Å². The summed E-state index contributed by atoms with van der Waals surface area (Å²) in [6.07, 6.45) is -0.816. The van der Waals surface area contributed by atoms with Crippen molar-refractivity contribution >= 4 is 21.9 Å². The lowest BCUT2D eigenvalue weighted by Crippen LogP contribution is -2.33. The van der Waals surface area contributed by atoms with E-state index >= 15 is 0 Å². The maximum absolute atomic E-state index is 12.6. The molecule has 0 aliphatic carbocycles. The van der Waals surface area contributed by atoms with Gasteiger partial charge in [0.1, 0.15) is 42.0 Å². The van der Waals surface area contributed by atoms with Crippen molar-refractivity contribution in [1.29, 1.82) is 0 Å². The molecule has 8 nitrogen and oxygen atoms in total. The van der Waals surface area contributed by atoms with Crippen molar-refractivity contribution in [3.05, 3.63) is 130 Å². The van der Waals surface area contributed by atoms with E-state index in [1.54, 1.807) is 43.3 Å². The number of benzene rings is 4. The van der Waals surface area contributed by atoms with Crippen molar-refractivity contribution in [3.8, 4) is 33.8 Å². The molecule has 2 heterocycles. The Balaban J connectivity index is 1.20. The minimum atomic E-state index is -0.527. The number of aliphatic hydroxyl groups is 1. The normalized spacial score (nSPS) is 12.8. The summed E-state index contributed by atoms with van der Waals surface area (Å²) < 4.78 is 29.7. The second-order valence-electron chi connectivity index (χ2n) is 11.3. The largest absolute Gasteiger partial charge is 0.491 e. The molecule has 0 radical (unpaired) electrons. The van der Waals surface area contributed by atoms with E-state index < -0.39 is 23.5 Å². The zero-order chi connectivity index (χ0) is 32.0. The van der Waals surface area contributed by atoms with Crippen LogP contribution in [0.2, 0.25) is 0 Å². The molecular weight excluding hydrogens is 584 g/mol. The van der Waals surface area contributed by atoms with Crippen LogP contribution in [0.4, 0.5) is 0 Å².